The van der Waals surface area contributed by atoms with Crippen LogP contribution in [-0.4, -0.2) is 34.9 Å². The maximum Gasteiger partial charge on any atom is 0.251 e. The summed E-state index contributed by atoms with van der Waals surface area (Å²) in [5, 5.41) is 12.1. The molecule has 3 N–H and O–H groups in total. The van der Waals surface area contributed by atoms with Crippen LogP contribution in [0.5, 0.6) is 0 Å². The molecule has 0 atom stereocenters. The van der Waals surface area contributed by atoms with E-state index in [1.165, 1.54) is 0 Å². The number of aromatic nitrogens is 1. The number of hydrogen-bond acceptors (Lipinski definition) is 3. The number of hydrogen-bond donors (Lipinski definition) is 3. The Kier molecular flexibility index (Phi) is 3.81. The van der Waals surface area contributed by atoms with Crippen LogP contribution in [0, 0.1) is 5.41 Å². The summed E-state index contributed by atoms with van der Waals surface area (Å²) in [6.07, 6.45) is 5.25. The minimum absolute atomic E-state index is 0.0783. The average Bonchev–Trinajstić information content (AvgIpc) is 3.14. The van der Waals surface area contributed by atoms with Crippen LogP contribution >= 0.6 is 0 Å². The predicted octanol–water partition coefficient (Wildman–Crippen LogP) is 1.75. The van der Waals surface area contributed by atoms with Crippen molar-refractivity contribution in [2.75, 3.05) is 13.2 Å². The van der Waals surface area contributed by atoms with E-state index in [-0.39, 0.29) is 23.7 Å². The van der Waals surface area contributed by atoms with E-state index >= 15 is 0 Å². The first kappa shape index (κ1) is 14.5. The summed E-state index contributed by atoms with van der Waals surface area (Å²) in [6, 6.07) is 8.32. The Hall–Kier alpha value is -2.40. The molecule has 3 rings (SSSR count). The summed E-state index contributed by atoms with van der Waals surface area (Å²) >= 11 is 0. The van der Waals surface area contributed by atoms with Crippen molar-refractivity contribution in [2.24, 2.45) is 5.41 Å². The Morgan fingerprint density at radius 3 is 2.32 bits per heavy atom. The van der Waals surface area contributed by atoms with Gasteiger partial charge in [-0.15, -0.1) is 0 Å². The van der Waals surface area contributed by atoms with E-state index in [9.17, 15) is 14.7 Å². The number of rotatable bonds is 6. The zero-order valence-corrected chi connectivity index (χ0v) is 12.1. The third kappa shape index (κ3) is 2.94. The summed E-state index contributed by atoms with van der Waals surface area (Å²) in [6.45, 7) is 0.601. The van der Waals surface area contributed by atoms with Crippen LogP contribution in [-0.2, 0) is 0 Å². The fraction of sp³-hybridized carbons (Fsp3) is 0.294. The first-order chi connectivity index (χ1) is 10.6. The van der Waals surface area contributed by atoms with Crippen LogP contribution in [0.25, 0.3) is 0 Å². The lowest BCUT2D eigenvalue weighted by atomic mass is 10.0. The van der Waals surface area contributed by atoms with E-state index < -0.39 is 0 Å². The number of aromatic amines is 1. The molecule has 0 spiro atoms. The van der Waals surface area contributed by atoms with Gasteiger partial charge in [-0.25, -0.2) is 0 Å². The first-order valence-corrected chi connectivity index (χ1v) is 7.30. The number of carbonyl (C=O) groups is 2. The highest BCUT2D eigenvalue weighted by molar-refractivity contribution is 6.09. The first-order valence-electron chi connectivity index (χ1n) is 7.30. The standard InChI is InChI=1S/C17H18N2O3/c20-11-17(6-7-17)10-19-16(22)13-3-1-12(2-4-13)15(21)14-5-8-18-9-14/h1-5,8-9,18,20H,6-7,10-11H2,(H,19,22). The van der Waals surface area contributed by atoms with E-state index in [0.717, 1.165) is 12.8 Å². The Bertz CT molecular complexity index is 670. The third-order valence-corrected chi connectivity index (χ3v) is 4.19. The molecule has 1 aliphatic carbocycles. The fourth-order valence-corrected chi connectivity index (χ4v) is 2.34. The molecule has 2 aromatic rings. The van der Waals surface area contributed by atoms with Gasteiger partial charge in [0.05, 0.1) is 6.61 Å². The molecule has 5 heteroatoms. The van der Waals surface area contributed by atoms with Gasteiger partial charge in [-0.2, -0.15) is 0 Å². The van der Waals surface area contributed by atoms with Gasteiger partial charge >= 0.3 is 0 Å². The van der Waals surface area contributed by atoms with E-state index in [2.05, 4.69) is 10.3 Å². The highest BCUT2D eigenvalue weighted by Gasteiger charge is 2.42. The number of H-pyrrole nitrogens is 1. The van der Waals surface area contributed by atoms with Gasteiger partial charge < -0.3 is 15.4 Å². The van der Waals surface area contributed by atoms with Gasteiger partial charge in [-0.1, -0.05) is 12.1 Å². The molecular formula is C17H18N2O3. The van der Waals surface area contributed by atoms with Crippen molar-refractivity contribution in [1.82, 2.24) is 10.3 Å². The lowest BCUT2D eigenvalue weighted by molar-refractivity contribution is 0.0934. The van der Waals surface area contributed by atoms with Crippen molar-refractivity contribution in [3.63, 3.8) is 0 Å². The molecule has 0 radical (unpaired) electrons. The summed E-state index contributed by atoms with van der Waals surface area (Å²) in [5.41, 5.74) is 1.54. The van der Waals surface area contributed by atoms with Crippen LogP contribution < -0.4 is 5.32 Å². The van der Waals surface area contributed by atoms with Crippen molar-refractivity contribution < 1.29 is 14.7 Å². The van der Waals surface area contributed by atoms with E-state index in [1.54, 1.807) is 42.7 Å². The van der Waals surface area contributed by atoms with Crippen LogP contribution in [0.3, 0.4) is 0 Å². The number of ketones is 1. The van der Waals surface area contributed by atoms with Gasteiger partial charge in [0, 0.05) is 41.0 Å². The number of nitrogens with one attached hydrogen (secondary N) is 2. The molecule has 1 amide bonds. The Morgan fingerprint density at radius 2 is 1.77 bits per heavy atom. The minimum atomic E-state index is -0.180. The van der Waals surface area contributed by atoms with Crippen molar-refractivity contribution in [2.45, 2.75) is 12.8 Å². The molecule has 0 bridgehead atoms. The molecule has 114 valence electrons. The molecule has 0 unspecified atom stereocenters. The molecule has 1 aromatic heterocycles. The Balaban J connectivity index is 1.63. The third-order valence-electron chi connectivity index (χ3n) is 4.19. The number of aliphatic hydroxyl groups excluding tert-OH is 1. The van der Waals surface area contributed by atoms with Crippen molar-refractivity contribution in [3.05, 3.63) is 59.4 Å². The van der Waals surface area contributed by atoms with E-state index in [4.69, 9.17) is 0 Å². The second kappa shape index (κ2) is 5.77. The van der Waals surface area contributed by atoms with Gasteiger partial charge in [0.25, 0.3) is 5.91 Å². The topological polar surface area (TPSA) is 82.2 Å². The molecule has 1 aromatic carbocycles. The highest BCUT2D eigenvalue weighted by atomic mass is 16.3. The molecular weight excluding hydrogens is 280 g/mol. The second-order valence-corrected chi connectivity index (χ2v) is 5.85. The lowest BCUT2D eigenvalue weighted by Crippen LogP contribution is -2.31. The molecule has 5 nitrogen and oxygen atoms in total. The average molecular weight is 298 g/mol. The molecule has 1 aliphatic rings. The molecule has 1 fully saturated rings. The van der Waals surface area contributed by atoms with Crippen LogP contribution in [0.1, 0.15) is 39.1 Å². The lowest BCUT2D eigenvalue weighted by Gasteiger charge is -2.12. The van der Waals surface area contributed by atoms with Gasteiger partial charge in [0.15, 0.2) is 5.78 Å². The highest BCUT2D eigenvalue weighted by Crippen LogP contribution is 2.44. The fourth-order valence-electron chi connectivity index (χ4n) is 2.34. The number of carbonyl (C=O) groups excluding carboxylic acids is 2. The largest absolute Gasteiger partial charge is 0.396 e. The summed E-state index contributed by atoms with van der Waals surface area (Å²) in [7, 11) is 0. The Labute approximate surface area is 128 Å². The SMILES string of the molecule is O=C(NCC1(CO)CC1)c1ccc(C(=O)c2cc[nH]c2)cc1. The van der Waals surface area contributed by atoms with Gasteiger partial charge in [0.1, 0.15) is 0 Å². The summed E-state index contributed by atoms with van der Waals surface area (Å²) < 4.78 is 0. The van der Waals surface area contributed by atoms with Crippen molar-refractivity contribution >= 4 is 11.7 Å². The molecule has 22 heavy (non-hydrogen) atoms. The summed E-state index contributed by atoms with van der Waals surface area (Å²) in [4.78, 5) is 27.1. The van der Waals surface area contributed by atoms with Crippen LogP contribution in [0.15, 0.2) is 42.7 Å². The van der Waals surface area contributed by atoms with Crippen LogP contribution in [0.2, 0.25) is 0 Å². The molecule has 1 heterocycles. The van der Waals surface area contributed by atoms with Crippen molar-refractivity contribution in [3.8, 4) is 0 Å². The van der Waals surface area contributed by atoms with Crippen molar-refractivity contribution in [1.29, 1.82) is 0 Å². The zero-order valence-electron chi connectivity index (χ0n) is 12.1. The maximum atomic E-state index is 12.1. The number of aliphatic hydroxyl groups is 1. The minimum Gasteiger partial charge on any atom is -0.396 e. The maximum absolute atomic E-state index is 12.1. The molecule has 0 aliphatic heterocycles. The quantitative estimate of drug-likeness (QED) is 0.711. The monoisotopic (exact) mass is 298 g/mol. The van der Waals surface area contributed by atoms with E-state index in [0.29, 0.717) is 23.2 Å². The number of benzene rings is 1. The molecule has 1 saturated carbocycles. The summed E-state index contributed by atoms with van der Waals surface area (Å²) in [5.74, 6) is -0.259. The predicted molar refractivity (Wildman–Crippen MR) is 81.8 cm³/mol. The zero-order chi connectivity index (χ0) is 15.6. The van der Waals surface area contributed by atoms with Gasteiger partial charge in [0.2, 0.25) is 0 Å². The number of amides is 1. The normalized spacial score (nSPS) is 15.3. The molecule has 0 saturated heterocycles. The smallest absolute Gasteiger partial charge is 0.251 e. The van der Waals surface area contributed by atoms with Gasteiger partial charge in [-0.05, 0) is 31.0 Å². The van der Waals surface area contributed by atoms with E-state index in [1.807, 2.05) is 0 Å². The Morgan fingerprint density at radius 1 is 1.09 bits per heavy atom. The van der Waals surface area contributed by atoms with Gasteiger partial charge in [-0.3, -0.25) is 9.59 Å². The second-order valence-electron chi connectivity index (χ2n) is 5.85. The van der Waals surface area contributed by atoms with Crippen LogP contribution in [0.4, 0.5) is 0 Å².